The van der Waals surface area contributed by atoms with Crippen LogP contribution in [-0.2, 0) is 11.2 Å². The van der Waals surface area contributed by atoms with Crippen LogP contribution in [0.3, 0.4) is 0 Å². The van der Waals surface area contributed by atoms with Crippen LogP contribution in [0.25, 0.3) is 0 Å². The van der Waals surface area contributed by atoms with E-state index in [1.165, 1.54) is 36.0 Å². The molecule has 1 aliphatic rings. The fourth-order valence-electron chi connectivity index (χ4n) is 4.10. The van der Waals surface area contributed by atoms with E-state index in [-0.39, 0.29) is 11.3 Å². The Labute approximate surface area is 194 Å². The highest BCUT2D eigenvalue weighted by Crippen LogP contribution is 2.40. The zero-order chi connectivity index (χ0) is 23.6. The first kappa shape index (κ1) is 25.6. The third-order valence-corrected chi connectivity index (χ3v) is 6.11. The van der Waals surface area contributed by atoms with Crippen LogP contribution in [0.1, 0.15) is 59.4 Å². The predicted molar refractivity (Wildman–Crippen MR) is 137 cm³/mol. The number of allylic oxidation sites excluding steroid dienone is 9. The molecule has 0 spiro atoms. The van der Waals surface area contributed by atoms with Crippen LogP contribution in [0.5, 0.6) is 0 Å². The van der Waals surface area contributed by atoms with Gasteiger partial charge in [0.1, 0.15) is 0 Å². The molecule has 1 unspecified atom stereocenters. The Morgan fingerprint density at radius 2 is 1.88 bits per heavy atom. The highest BCUT2D eigenvalue weighted by molar-refractivity contribution is 5.81. The first-order valence-electron chi connectivity index (χ1n) is 11.7. The van der Waals surface area contributed by atoms with E-state index in [0.29, 0.717) is 13.0 Å². The van der Waals surface area contributed by atoms with Crippen LogP contribution < -0.4 is 11.1 Å². The van der Waals surface area contributed by atoms with E-state index < -0.39 is 6.04 Å². The molecule has 3 heteroatoms. The summed E-state index contributed by atoms with van der Waals surface area (Å²) in [5.41, 5.74) is 12.7. The van der Waals surface area contributed by atoms with Gasteiger partial charge in [-0.25, -0.2) is 0 Å². The smallest absolute Gasteiger partial charge is 0.237 e. The number of amides is 1. The molecule has 0 bridgehead atoms. The normalized spacial score (nSPS) is 18.4. The summed E-state index contributed by atoms with van der Waals surface area (Å²) in [4.78, 5) is 12.2. The van der Waals surface area contributed by atoms with E-state index >= 15 is 0 Å². The minimum absolute atomic E-state index is 0.127. The summed E-state index contributed by atoms with van der Waals surface area (Å²) in [5.74, 6) is -0.127. The number of rotatable bonds is 9. The third-order valence-electron chi connectivity index (χ3n) is 6.11. The second-order valence-electron chi connectivity index (χ2n) is 9.52. The number of benzene rings is 1. The second kappa shape index (κ2) is 12.4. The molecule has 1 amide bonds. The molecule has 0 radical (unpaired) electrons. The van der Waals surface area contributed by atoms with Crippen molar-refractivity contribution in [2.45, 2.75) is 66.3 Å². The maximum atomic E-state index is 12.2. The minimum Gasteiger partial charge on any atom is -0.351 e. The quantitative estimate of drug-likeness (QED) is 0.456. The summed E-state index contributed by atoms with van der Waals surface area (Å²) < 4.78 is 0. The maximum Gasteiger partial charge on any atom is 0.237 e. The lowest BCUT2D eigenvalue weighted by Gasteiger charge is -2.32. The van der Waals surface area contributed by atoms with Crippen molar-refractivity contribution in [3.8, 4) is 0 Å². The van der Waals surface area contributed by atoms with Crippen molar-refractivity contribution < 1.29 is 4.79 Å². The van der Waals surface area contributed by atoms with Crippen molar-refractivity contribution in [3.05, 3.63) is 94.6 Å². The van der Waals surface area contributed by atoms with Crippen LogP contribution >= 0.6 is 0 Å². The molecule has 32 heavy (non-hydrogen) atoms. The minimum atomic E-state index is -0.535. The van der Waals surface area contributed by atoms with E-state index in [4.69, 9.17) is 5.73 Å². The van der Waals surface area contributed by atoms with Crippen molar-refractivity contribution in [1.29, 1.82) is 0 Å². The molecule has 1 aromatic rings. The van der Waals surface area contributed by atoms with E-state index in [0.717, 1.165) is 11.1 Å². The van der Waals surface area contributed by atoms with Gasteiger partial charge < -0.3 is 11.1 Å². The van der Waals surface area contributed by atoms with Gasteiger partial charge in [-0.3, -0.25) is 4.79 Å². The first-order chi connectivity index (χ1) is 15.2. The number of carbonyl (C=O) groups is 1. The summed E-state index contributed by atoms with van der Waals surface area (Å²) in [6.45, 7) is 11.6. The first-order valence-corrected chi connectivity index (χ1v) is 11.7. The van der Waals surface area contributed by atoms with Crippen molar-refractivity contribution >= 4 is 5.91 Å². The van der Waals surface area contributed by atoms with Gasteiger partial charge in [-0.15, -0.1) is 0 Å². The zero-order valence-electron chi connectivity index (χ0n) is 20.4. The Kier molecular flexibility index (Phi) is 9.93. The molecular formula is C29H40N2O. The highest BCUT2D eigenvalue weighted by Gasteiger charge is 2.26. The van der Waals surface area contributed by atoms with Gasteiger partial charge in [-0.2, -0.15) is 0 Å². The van der Waals surface area contributed by atoms with E-state index in [9.17, 15) is 4.79 Å². The molecule has 0 saturated heterocycles. The molecule has 3 nitrogen and oxygen atoms in total. The zero-order valence-corrected chi connectivity index (χ0v) is 20.4. The highest BCUT2D eigenvalue weighted by atomic mass is 16.2. The average molecular weight is 433 g/mol. The SMILES string of the molecule is CC(C=CC1=C(C)CCCC1(C)C)=CC=CC(C)=CCNC(=O)C(N)Cc1ccccc1. The second-order valence-corrected chi connectivity index (χ2v) is 9.52. The average Bonchev–Trinajstić information content (AvgIpc) is 2.73. The summed E-state index contributed by atoms with van der Waals surface area (Å²) >= 11 is 0. The monoisotopic (exact) mass is 432 g/mol. The van der Waals surface area contributed by atoms with Crippen LogP contribution in [0.4, 0.5) is 0 Å². The lowest BCUT2D eigenvalue weighted by atomic mass is 9.72. The largest absolute Gasteiger partial charge is 0.351 e. The third kappa shape index (κ3) is 8.47. The van der Waals surface area contributed by atoms with Gasteiger partial charge in [0.15, 0.2) is 0 Å². The van der Waals surface area contributed by atoms with Gasteiger partial charge >= 0.3 is 0 Å². The van der Waals surface area contributed by atoms with Crippen LogP contribution in [0, 0.1) is 5.41 Å². The predicted octanol–water partition coefficient (Wildman–Crippen LogP) is 6.20. The molecule has 1 aromatic carbocycles. The molecule has 1 aliphatic carbocycles. The van der Waals surface area contributed by atoms with Crippen LogP contribution in [-0.4, -0.2) is 18.5 Å². The van der Waals surface area contributed by atoms with Crippen molar-refractivity contribution in [2.24, 2.45) is 11.1 Å². The van der Waals surface area contributed by atoms with Crippen molar-refractivity contribution in [2.75, 3.05) is 6.54 Å². The summed E-state index contributed by atoms with van der Waals surface area (Å²) in [7, 11) is 0. The van der Waals surface area contributed by atoms with Gasteiger partial charge in [0, 0.05) is 6.54 Å². The Bertz CT molecular complexity index is 914. The van der Waals surface area contributed by atoms with E-state index in [2.05, 4.69) is 63.4 Å². The molecular weight excluding hydrogens is 392 g/mol. The summed E-state index contributed by atoms with van der Waals surface area (Å²) in [6.07, 6.45) is 17.0. The summed E-state index contributed by atoms with van der Waals surface area (Å²) in [5, 5.41) is 2.90. The molecule has 172 valence electrons. The molecule has 0 heterocycles. The number of hydrogen-bond donors (Lipinski definition) is 2. The van der Waals surface area contributed by atoms with Crippen LogP contribution in [0.15, 0.2) is 89.1 Å². The van der Waals surface area contributed by atoms with Gasteiger partial charge in [-0.1, -0.05) is 97.4 Å². The molecule has 0 aliphatic heterocycles. The fraction of sp³-hybridized carbons (Fsp3) is 0.414. The number of nitrogens with one attached hydrogen (secondary N) is 1. The van der Waals surface area contributed by atoms with E-state index in [1.54, 1.807) is 0 Å². The molecule has 0 fully saturated rings. The van der Waals surface area contributed by atoms with Gasteiger partial charge in [0.2, 0.25) is 5.91 Å². The van der Waals surface area contributed by atoms with Gasteiger partial charge in [-0.05, 0) is 63.0 Å². The molecule has 2 rings (SSSR count). The summed E-state index contributed by atoms with van der Waals surface area (Å²) in [6, 6.07) is 9.31. The number of hydrogen-bond acceptors (Lipinski definition) is 2. The molecule has 0 saturated carbocycles. The van der Waals surface area contributed by atoms with Crippen LogP contribution in [0.2, 0.25) is 0 Å². The Morgan fingerprint density at radius 3 is 2.56 bits per heavy atom. The lowest BCUT2D eigenvalue weighted by molar-refractivity contribution is -0.122. The lowest BCUT2D eigenvalue weighted by Crippen LogP contribution is -2.42. The number of carbonyl (C=O) groups excluding carboxylic acids is 1. The number of nitrogens with two attached hydrogens (primary N) is 1. The Hall–Kier alpha value is -2.65. The molecule has 0 aromatic heterocycles. The van der Waals surface area contributed by atoms with Gasteiger partial charge in [0.25, 0.3) is 0 Å². The van der Waals surface area contributed by atoms with Crippen molar-refractivity contribution in [3.63, 3.8) is 0 Å². The standard InChI is InChI=1S/C29H40N2O/c1-22(16-17-26-24(3)13-10-19-29(26,4)5)11-9-12-23(2)18-20-31-28(32)27(30)21-25-14-7-6-8-15-25/h6-9,11-12,14-18,27H,10,13,19-21,30H2,1-5H3,(H,31,32). The molecule has 1 atom stereocenters. The fourth-order valence-corrected chi connectivity index (χ4v) is 4.10. The van der Waals surface area contributed by atoms with E-state index in [1.807, 2.05) is 43.3 Å². The van der Waals surface area contributed by atoms with Gasteiger partial charge in [0.05, 0.1) is 6.04 Å². The molecule has 3 N–H and O–H groups in total. The Balaban J connectivity index is 1.82. The van der Waals surface area contributed by atoms with Crippen molar-refractivity contribution in [1.82, 2.24) is 5.32 Å². The topological polar surface area (TPSA) is 55.1 Å². The maximum absolute atomic E-state index is 12.2. The Morgan fingerprint density at radius 1 is 1.16 bits per heavy atom.